The Hall–Kier alpha value is -2.48. The average molecular weight is 369 g/mol. The Morgan fingerprint density at radius 1 is 1.32 bits per heavy atom. The number of halogens is 2. The van der Waals surface area contributed by atoms with Crippen molar-refractivity contribution in [3.8, 4) is 5.75 Å². The summed E-state index contributed by atoms with van der Waals surface area (Å²) in [5.41, 5.74) is -0.340. The monoisotopic (exact) mass is 368 g/mol. The van der Waals surface area contributed by atoms with E-state index in [0.29, 0.717) is 4.47 Å². The van der Waals surface area contributed by atoms with Crippen LogP contribution in [0.15, 0.2) is 40.9 Å². The Balaban J connectivity index is 2.30. The van der Waals surface area contributed by atoms with Gasteiger partial charge in [0, 0.05) is 16.1 Å². The van der Waals surface area contributed by atoms with Gasteiger partial charge in [-0.3, -0.25) is 14.9 Å². The summed E-state index contributed by atoms with van der Waals surface area (Å²) >= 11 is 3.11. The van der Waals surface area contributed by atoms with E-state index in [0.717, 1.165) is 6.07 Å². The topological polar surface area (TPSA) is 81.5 Å². The van der Waals surface area contributed by atoms with Gasteiger partial charge in [-0.05, 0) is 30.3 Å². The molecule has 0 atom stereocenters. The highest BCUT2D eigenvalue weighted by molar-refractivity contribution is 9.10. The average Bonchev–Trinajstić information content (AvgIpc) is 2.49. The van der Waals surface area contributed by atoms with Gasteiger partial charge in [-0.25, -0.2) is 4.39 Å². The first-order valence-electron chi connectivity index (χ1n) is 6.01. The lowest BCUT2D eigenvalue weighted by atomic mass is 10.1. The maximum absolute atomic E-state index is 13.7. The molecule has 0 aliphatic rings. The molecule has 0 bridgehead atoms. The molecular formula is C14H10BrFN2O4. The Morgan fingerprint density at radius 3 is 2.64 bits per heavy atom. The van der Waals surface area contributed by atoms with E-state index < -0.39 is 16.6 Å². The molecule has 0 radical (unpaired) electrons. The lowest BCUT2D eigenvalue weighted by Crippen LogP contribution is -2.13. The van der Waals surface area contributed by atoms with Crippen molar-refractivity contribution in [3.05, 3.63) is 62.4 Å². The molecule has 2 aromatic rings. The van der Waals surface area contributed by atoms with Gasteiger partial charge >= 0.3 is 5.69 Å². The van der Waals surface area contributed by atoms with Crippen molar-refractivity contribution in [2.75, 3.05) is 12.4 Å². The zero-order chi connectivity index (χ0) is 16.3. The first-order chi connectivity index (χ1) is 10.4. The molecule has 0 spiro atoms. The molecule has 114 valence electrons. The second-order valence-corrected chi connectivity index (χ2v) is 5.14. The fraction of sp³-hybridized carbons (Fsp3) is 0.0714. The predicted octanol–water partition coefficient (Wildman–Crippen LogP) is 3.76. The maximum atomic E-state index is 13.7. The van der Waals surface area contributed by atoms with Crippen LogP contribution in [0.3, 0.4) is 0 Å². The van der Waals surface area contributed by atoms with Crippen LogP contribution in [0.25, 0.3) is 0 Å². The SMILES string of the molecule is COc1ccc(C(=O)Nc2ccc(Br)cc2F)cc1[N+](=O)[O-]. The number of benzene rings is 2. The summed E-state index contributed by atoms with van der Waals surface area (Å²) in [7, 11) is 1.29. The molecule has 0 unspecified atom stereocenters. The Kier molecular flexibility index (Phi) is 4.71. The third kappa shape index (κ3) is 3.40. The van der Waals surface area contributed by atoms with Gasteiger partial charge in [0.15, 0.2) is 5.75 Å². The number of nitro benzene ring substituents is 1. The molecule has 0 aliphatic carbocycles. The molecule has 22 heavy (non-hydrogen) atoms. The van der Waals surface area contributed by atoms with Gasteiger partial charge in [0.2, 0.25) is 0 Å². The molecule has 8 heteroatoms. The normalized spacial score (nSPS) is 10.1. The fourth-order valence-corrected chi connectivity index (χ4v) is 2.09. The quantitative estimate of drug-likeness (QED) is 0.657. The lowest BCUT2D eigenvalue weighted by Gasteiger charge is -2.08. The van der Waals surface area contributed by atoms with Crippen molar-refractivity contribution >= 4 is 33.2 Å². The van der Waals surface area contributed by atoms with E-state index in [4.69, 9.17) is 4.74 Å². The number of rotatable bonds is 4. The minimum Gasteiger partial charge on any atom is -0.490 e. The van der Waals surface area contributed by atoms with Crippen molar-refractivity contribution in [2.45, 2.75) is 0 Å². The van der Waals surface area contributed by atoms with Crippen molar-refractivity contribution in [1.82, 2.24) is 0 Å². The molecule has 0 saturated carbocycles. The largest absolute Gasteiger partial charge is 0.490 e. The van der Waals surface area contributed by atoms with E-state index in [1.54, 1.807) is 6.07 Å². The van der Waals surface area contributed by atoms with E-state index in [1.807, 2.05) is 0 Å². The summed E-state index contributed by atoms with van der Waals surface area (Å²) in [6.45, 7) is 0. The summed E-state index contributed by atoms with van der Waals surface area (Å²) in [5.74, 6) is -1.24. The van der Waals surface area contributed by atoms with E-state index >= 15 is 0 Å². The molecule has 2 aromatic carbocycles. The zero-order valence-corrected chi connectivity index (χ0v) is 12.9. The number of carbonyl (C=O) groups excluding carboxylic acids is 1. The van der Waals surface area contributed by atoms with Crippen LogP contribution >= 0.6 is 15.9 Å². The third-order valence-corrected chi connectivity index (χ3v) is 3.31. The van der Waals surface area contributed by atoms with E-state index in [2.05, 4.69) is 21.2 Å². The molecule has 0 saturated heterocycles. The van der Waals surface area contributed by atoms with Crippen LogP contribution in [0.5, 0.6) is 5.75 Å². The number of nitrogens with zero attached hydrogens (tertiary/aromatic N) is 1. The Morgan fingerprint density at radius 2 is 2.05 bits per heavy atom. The van der Waals surface area contributed by atoms with Crippen molar-refractivity contribution in [1.29, 1.82) is 0 Å². The predicted molar refractivity (Wildman–Crippen MR) is 81.7 cm³/mol. The number of methoxy groups -OCH3 is 1. The number of nitro groups is 1. The molecule has 1 amide bonds. The summed E-state index contributed by atoms with van der Waals surface area (Å²) in [6, 6.07) is 7.89. The van der Waals surface area contributed by atoms with Gasteiger partial charge in [0.25, 0.3) is 5.91 Å². The van der Waals surface area contributed by atoms with Gasteiger partial charge in [0.05, 0.1) is 17.7 Å². The van der Waals surface area contributed by atoms with Crippen LogP contribution in [0.1, 0.15) is 10.4 Å². The first-order valence-corrected chi connectivity index (χ1v) is 6.80. The number of amides is 1. The van der Waals surface area contributed by atoms with Gasteiger partial charge < -0.3 is 10.1 Å². The van der Waals surface area contributed by atoms with E-state index in [9.17, 15) is 19.3 Å². The summed E-state index contributed by atoms with van der Waals surface area (Å²) in [4.78, 5) is 22.3. The molecule has 1 N–H and O–H groups in total. The maximum Gasteiger partial charge on any atom is 0.311 e. The summed E-state index contributed by atoms with van der Waals surface area (Å²) in [5, 5.41) is 13.3. The van der Waals surface area contributed by atoms with E-state index in [1.165, 1.54) is 31.4 Å². The van der Waals surface area contributed by atoms with E-state index in [-0.39, 0.29) is 22.7 Å². The van der Waals surface area contributed by atoms with Crippen molar-refractivity contribution in [2.24, 2.45) is 0 Å². The zero-order valence-electron chi connectivity index (χ0n) is 11.3. The second-order valence-electron chi connectivity index (χ2n) is 4.22. The van der Waals surface area contributed by atoms with Gasteiger partial charge in [0.1, 0.15) is 5.82 Å². The Bertz CT molecular complexity index is 752. The smallest absolute Gasteiger partial charge is 0.311 e. The summed E-state index contributed by atoms with van der Waals surface area (Å²) in [6.07, 6.45) is 0. The van der Waals surface area contributed by atoms with Gasteiger partial charge in [-0.2, -0.15) is 0 Å². The molecular weight excluding hydrogens is 359 g/mol. The number of hydrogen-bond acceptors (Lipinski definition) is 4. The highest BCUT2D eigenvalue weighted by atomic mass is 79.9. The van der Waals surface area contributed by atoms with Crippen LogP contribution in [0.4, 0.5) is 15.8 Å². The highest BCUT2D eigenvalue weighted by Gasteiger charge is 2.18. The van der Waals surface area contributed by atoms with Crippen LogP contribution in [0.2, 0.25) is 0 Å². The minimum atomic E-state index is -0.660. The van der Waals surface area contributed by atoms with Crippen LogP contribution in [-0.2, 0) is 0 Å². The lowest BCUT2D eigenvalue weighted by molar-refractivity contribution is -0.385. The van der Waals surface area contributed by atoms with Crippen molar-refractivity contribution < 1.29 is 18.8 Å². The number of carbonyl (C=O) groups is 1. The van der Waals surface area contributed by atoms with Gasteiger partial charge in [-0.1, -0.05) is 15.9 Å². The standard InChI is InChI=1S/C14H10BrFN2O4/c1-22-13-5-2-8(6-12(13)18(20)21)14(19)17-11-4-3-9(15)7-10(11)16/h2-7H,1H3,(H,17,19). The van der Waals surface area contributed by atoms with Gasteiger partial charge in [-0.15, -0.1) is 0 Å². The Labute approximate surface area is 133 Å². The van der Waals surface area contributed by atoms with Crippen LogP contribution < -0.4 is 10.1 Å². The minimum absolute atomic E-state index is 0.0216. The molecule has 0 heterocycles. The molecule has 0 aromatic heterocycles. The van der Waals surface area contributed by atoms with Crippen molar-refractivity contribution in [3.63, 3.8) is 0 Å². The van der Waals surface area contributed by atoms with Crippen LogP contribution in [0, 0.1) is 15.9 Å². The number of anilines is 1. The number of ether oxygens (including phenoxy) is 1. The molecule has 2 rings (SSSR count). The molecule has 6 nitrogen and oxygen atoms in total. The number of hydrogen-bond donors (Lipinski definition) is 1. The third-order valence-electron chi connectivity index (χ3n) is 2.82. The number of nitrogens with one attached hydrogen (secondary N) is 1. The second kappa shape index (κ2) is 6.52. The highest BCUT2D eigenvalue weighted by Crippen LogP contribution is 2.28. The first kappa shape index (κ1) is 15.9. The molecule has 0 aliphatic heterocycles. The fourth-order valence-electron chi connectivity index (χ4n) is 1.76. The molecule has 0 fully saturated rings. The van der Waals surface area contributed by atoms with Crippen LogP contribution in [-0.4, -0.2) is 17.9 Å². The summed E-state index contributed by atoms with van der Waals surface area (Å²) < 4.78 is 19.1.